The Labute approximate surface area is 128 Å². The van der Waals surface area contributed by atoms with Crippen LogP contribution in [0.4, 0.5) is 9.18 Å². The van der Waals surface area contributed by atoms with Crippen LogP contribution in [0.2, 0.25) is 0 Å². The minimum Gasteiger partial charge on any atom is -0.354 e. The maximum Gasteiger partial charge on any atom is 0.317 e. The van der Waals surface area contributed by atoms with E-state index in [4.69, 9.17) is 0 Å². The second kappa shape index (κ2) is 6.34. The highest BCUT2D eigenvalue weighted by Crippen LogP contribution is 2.28. The molecule has 0 aromatic heterocycles. The molecule has 1 aromatic carbocycles. The number of urea groups is 1. The van der Waals surface area contributed by atoms with E-state index >= 15 is 0 Å². The van der Waals surface area contributed by atoms with Gasteiger partial charge in [-0.2, -0.15) is 0 Å². The summed E-state index contributed by atoms with van der Waals surface area (Å²) in [6, 6.07) is 6.09. The van der Waals surface area contributed by atoms with Gasteiger partial charge in [0.1, 0.15) is 5.82 Å². The topological polar surface area (TPSA) is 61.4 Å². The number of hydrogen-bond donors (Lipinski definition) is 2. The summed E-state index contributed by atoms with van der Waals surface area (Å²) < 4.78 is 13.3. The highest BCUT2D eigenvalue weighted by molar-refractivity contribution is 5.81. The minimum absolute atomic E-state index is 0.0591. The molecule has 2 aliphatic rings. The molecule has 1 atom stereocenters. The highest BCUT2D eigenvalue weighted by atomic mass is 19.1. The monoisotopic (exact) mass is 305 g/mol. The number of hydrogen-bond acceptors (Lipinski definition) is 2. The van der Waals surface area contributed by atoms with Crippen LogP contribution < -0.4 is 10.6 Å². The zero-order chi connectivity index (χ0) is 15.5. The average molecular weight is 305 g/mol. The third-order valence-electron chi connectivity index (χ3n) is 4.15. The van der Waals surface area contributed by atoms with Crippen molar-refractivity contribution in [1.29, 1.82) is 0 Å². The summed E-state index contributed by atoms with van der Waals surface area (Å²) in [6.45, 7) is 1.62. The lowest BCUT2D eigenvalue weighted by Gasteiger charge is -2.27. The number of nitrogens with zero attached hydrogens (tertiary/aromatic N) is 1. The molecule has 0 spiro atoms. The Hall–Kier alpha value is -2.11. The zero-order valence-electron chi connectivity index (χ0n) is 12.3. The molecule has 1 heterocycles. The van der Waals surface area contributed by atoms with Gasteiger partial charge in [0.2, 0.25) is 5.91 Å². The molecule has 1 aromatic rings. The van der Waals surface area contributed by atoms with Gasteiger partial charge in [-0.05, 0) is 37.0 Å². The van der Waals surface area contributed by atoms with Crippen LogP contribution in [-0.4, -0.2) is 42.5 Å². The molecule has 1 aliphatic heterocycles. The lowest BCUT2D eigenvalue weighted by molar-refractivity contribution is -0.122. The van der Waals surface area contributed by atoms with Crippen LogP contribution in [0.1, 0.15) is 18.4 Å². The molecule has 0 radical (unpaired) electrons. The van der Waals surface area contributed by atoms with Crippen molar-refractivity contribution in [2.24, 2.45) is 5.92 Å². The normalized spacial score (nSPS) is 19.0. The number of nitrogens with one attached hydrogen (secondary N) is 2. The van der Waals surface area contributed by atoms with E-state index in [1.807, 2.05) is 6.07 Å². The van der Waals surface area contributed by atoms with E-state index in [9.17, 15) is 14.0 Å². The average Bonchev–Trinajstić information content (AvgIpc) is 3.26. The Bertz CT molecular complexity index is 574. The van der Waals surface area contributed by atoms with Crippen molar-refractivity contribution in [3.63, 3.8) is 0 Å². The number of amides is 3. The van der Waals surface area contributed by atoms with Gasteiger partial charge in [0.15, 0.2) is 0 Å². The number of carbonyl (C=O) groups excluding carboxylic acids is 2. The van der Waals surface area contributed by atoms with Crippen LogP contribution in [0.3, 0.4) is 0 Å². The highest BCUT2D eigenvalue weighted by Gasteiger charge is 2.32. The third kappa shape index (κ3) is 3.55. The van der Waals surface area contributed by atoms with Crippen LogP contribution in [0, 0.1) is 11.7 Å². The molecule has 22 heavy (non-hydrogen) atoms. The molecule has 0 bridgehead atoms. The third-order valence-corrected chi connectivity index (χ3v) is 4.15. The smallest absolute Gasteiger partial charge is 0.317 e. The summed E-state index contributed by atoms with van der Waals surface area (Å²) in [5.74, 6) is -0.0878. The van der Waals surface area contributed by atoms with Crippen LogP contribution in [-0.2, 0) is 11.2 Å². The van der Waals surface area contributed by atoms with Crippen molar-refractivity contribution in [2.45, 2.75) is 25.3 Å². The first-order valence-corrected chi connectivity index (χ1v) is 7.70. The van der Waals surface area contributed by atoms with Gasteiger partial charge in [0, 0.05) is 25.6 Å². The Morgan fingerprint density at radius 3 is 2.91 bits per heavy atom. The SMILES string of the molecule is O=C(NC[C@@H](Cc1cccc(F)c1)N1CCNC1=O)C1CC1. The summed E-state index contributed by atoms with van der Waals surface area (Å²) >= 11 is 0. The van der Waals surface area contributed by atoms with Crippen LogP contribution >= 0.6 is 0 Å². The van der Waals surface area contributed by atoms with Crippen molar-refractivity contribution < 1.29 is 14.0 Å². The largest absolute Gasteiger partial charge is 0.354 e. The first-order valence-electron chi connectivity index (χ1n) is 7.70. The van der Waals surface area contributed by atoms with Gasteiger partial charge in [-0.3, -0.25) is 4.79 Å². The fraction of sp³-hybridized carbons (Fsp3) is 0.500. The van der Waals surface area contributed by atoms with Crippen molar-refractivity contribution in [3.05, 3.63) is 35.6 Å². The van der Waals surface area contributed by atoms with Gasteiger partial charge < -0.3 is 15.5 Å². The summed E-state index contributed by atoms with van der Waals surface area (Å²) in [5.41, 5.74) is 0.824. The van der Waals surface area contributed by atoms with Crippen molar-refractivity contribution in [3.8, 4) is 0 Å². The summed E-state index contributed by atoms with van der Waals surface area (Å²) in [4.78, 5) is 25.4. The van der Waals surface area contributed by atoms with Crippen molar-refractivity contribution >= 4 is 11.9 Å². The predicted octanol–water partition coefficient (Wildman–Crippen LogP) is 1.29. The fourth-order valence-corrected chi connectivity index (χ4v) is 2.77. The maximum atomic E-state index is 13.3. The second-order valence-electron chi connectivity index (χ2n) is 5.93. The van der Waals surface area contributed by atoms with E-state index in [-0.39, 0.29) is 29.7 Å². The van der Waals surface area contributed by atoms with Gasteiger partial charge >= 0.3 is 6.03 Å². The van der Waals surface area contributed by atoms with Crippen molar-refractivity contribution in [2.75, 3.05) is 19.6 Å². The van der Waals surface area contributed by atoms with E-state index in [1.54, 1.807) is 11.0 Å². The molecule has 3 rings (SSSR count). The predicted molar refractivity (Wildman–Crippen MR) is 79.7 cm³/mol. The Kier molecular flexibility index (Phi) is 4.27. The van der Waals surface area contributed by atoms with Gasteiger partial charge in [0.05, 0.1) is 6.04 Å². The minimum atomic E-state index is -0.288. The molecular formula is C16H20FN3O2. The lowest BCUT2D eigenvalue weighted by atomic mass is 10.0. The Morgan fingerprint density at radius 2 is 2.27 bits per heavy atom. The molecule has 118 valence electrons. The van der Waals surface area contributed by atoms with Crippen LogP contribution in [0.5, 0.6) is 0 Å². The van der Waals surface area contributed by atoms with E-state index in [0.717, 1.165) is 18.4 Å². The van der Waals surface area contributed by atoms with Crippen LogP contribution in [0.15, 0.2) is 24.3 Å². The number of benzene rings is 1. The fourth-order valence-electron chi connectivity index (χ4n) is 2.77. The molecule has 5 nitrogen and oxygen atoms in total. The Morgan fingerprint density at radius 1 is 1.45 bits per heavy atom. The summed E-state index contributed by atoms with van der Waals surface area (Å²) in [5, 5.41) is 5.69. The van der Waals surface area contributed by atoms with Gasteiger partial charge in [-0.15, -0.1) is 0 Å². The number of rotatable bonds is 6. The van der Waals surface area contributed by atoms with E-state index < -0.39 is 0 Å². The van der Waals surface area contributed by atoms with Crippen LogP contribution in [0.25, 0.3) is 0 Å². The van der Waals surface area contributed by atoms with E-state index in [1.165, 1.54) is 12.1 Å². The molecule has 2 N–H and O–H groups in total. The molecule has 1 saturated carbocycles. The molecule has 1 aliphatic carbocycles. The molecular weight excluding hydrogens is 285 g/mol. The first-order chi connectivity index (χ1) is 10.6. The number of carbonyl (C=O) groups is 2. The first kappa shape index (κ1) is 14.8. The quantitative estimate of drug-likeness (QED) is 0.832. The lowest BCUT2D eigenvalue weighted by Crippen LogP contribution is -2.47. The molecule has 1 saturated heterocycles. The zero-order valence-corrected chi connectivity index (χ0v) is 12.3. The van der Waals surface area contributed by atoms with E-state index in [0.29, 0.717) is 26.1 Å². The summed E-state index contributed by atoms with van der Waals surface area (Å²) in [6.07, 6.45) is 2.42. The second-order valence-corrected chi connectivity index (χ2v) is 5.93. The van der Waals surface area contributed by atoms with E-state index in [2.05, 4.69) is 10.6 Å². The Balaban J connectivity index is 1.67. The van der Waals surface area contributed by atoms with Gasteiger partial charge in [-0.25, -0.2) is 9.18 Å². The van der Waals surface area contributed by atoms with Crippen molar-refractivity contribution in [1.82, 2.24) is 15.5 Å². The molecule has 3 amide bonds. The molecule has 0 unspecified atom stereocenters. The number of halogens is 1. The standard InChI is InChI=1S/C16H20FN3O2/c17-13-3-1-2-11(8-13)9-14(20-7-6-18-16(20)22)10-19-15(21)12-4-5-12/h1-3,8,12,14H,4-7,9-10H2,(H,18,22)(H,19,21)/t14-/m1/s1. The summed E-state index contributed by atoms with van der Waals surface area (Å²) in [7, 11) is 0. The maximum absolute atomic E-state index is 13.3. The van der Waals surface area contributed by atoms with Gasteiger partial charge in [0.25, 0.3) is 0 Å². The molecule has 2 fully saturated rings. The van der Waals surface area contributed by atoms with Gasteiger partial charge in [-0.1, -0.05) is 12.1 Å². The molecule has 6 heteroatoms.